The van der Waals surface area contributed by atoms with Crippen molar-refractivity contribution in [2.75, 3.05) is 0 Å². The number of fused-ring (bicyclic) bond motifs is 2. The Kier molecular flexibility index (Phi) is 8.81. The van der Waals surface area contributed by atoms with Gasteiger partial charge >= 0.3 is 24.2 Å². The van der Waals surface area contributed by atoms with Gasteiger partial charge in [-0.05, 0) is 59.3 Å². The third-order valence-electron chi connectivity index (χ3n) is 7.08. The van der Waals surface area contributed by atoms with Gasteiger partial charge in [-0.25, -0.2) is 8.78 Å². The molecule has 0 spiro atoms. The molecule has 8 nitrogen and oxygen atoms in total. The third-order valence-corrected chi connectivity index (χ3v) is 7.08. The van der Waals surface area contributed by atoms with Crippen molar-refractivity contribution in [2.24, 2.45) is 0 Å². The molecular formula is C32H23F6NO7. The first-order chi connectivity index (χ1) is 21.7. The van der Waals surface area contributed by atoms with E-state index in [1.165, 1.54) is 36.4 Å². The highest BCUT2D eigenvalue weighted by Crippen LogP contribution is 2.47. The van der Waals surface area contributed by atoms with E-state index in [4.69, 9.17) is 9.84 Å². The van der Waals surface area contributed by atoms with Crippen LogP contribution in [0, 0.1) is 11.6 Å². The van der Waals surface area contributed by atoms with Crippen LogP contribution in [0.2, 0.25) is 0 Å². The minimum atomic E-state index is -5.01. The largest absolute Gasteiger partial charge is 0.507 e. The molecule has 0 saturated heterocycles. The van der Waals surface area contributed by atoms with E-state index in [0.717, 1.165) is 30.3 Å². The highest BCUT2D eigenvalue weighted by molar-refractivity contribution is 6.07. The van der Waals surface area contributed by atoms with Crippen LogP contribution >= 0.6 is 0 Å². The number of carbonyl (C=O) groups excluding carboxylic acids is 2. The van der Waals surface area contributed by atoms with E-state index in [1.54, 1.807) is 12.1 Å². The predicted molar refractivity (Wildman–Crippen MR) is 149 cm³/mol. The smallest absolute Gasteiger partial charge is 0.481 e. The van der Waals surface area contributed by atoms with Crippen molar-refractivity contribution in [2.45, 2.75) is 43.6 Å². The summed E-state index contributed by atoms with van der Waals surface area (Å²) in [5, 5.41) is 12.1. The van der Waals surface area contributed by atoms with Crippen LogP contribution in [0.15, 0.2) is 78.9 Å². The lowest BCUT2D eigenvalue weighted by Gasteiger charge is -2.32. The molecule has 4 aromatic rings. The summed E-state index contributed by atoms with van der Waals surface area (Å²) in [7, 11) is 0. The van der Waals surface area contributed by atoms with Gasteiger partial charge in [-0.15, -0.1) is 0 Å². The van der Waals surface area contributed by atoms with Gasteiger partial charge in [0.05, 0.1) is 18.9 Å². The number of hydrogen-bond acceptors (Lipinski definition) is 6. The monoisotopic (exact) mass is 647 g/mol. The standard InChI is InChI=1S/C32H23F6NO7/c33-19-8-6-18(7-9-19)29(44-28(42)14-13-27(40)41)24(39-30(43)22-10-11-23(34)21-4-2-1-3-20(21)22)15-17-5-12-25-26(16-17)46-32(37,38)31(35,36)45-25/h1-12,16,24,29H,13-15H2,(H,39,43)(H,40,41). The number of hydrogen-bond donors (Lipinski definition) is 2. The van der Waals surface area contributed by atoms with E-state index < -0.39 is 78.2 Å². The Labute approximate surface area is 256 Å². The zero-order chi connectivity index (χ0) is 33.2. The molecule has 240 valence electrons. The minimum Gasteiger partial charge on any atom is -0.481 e. The van der Waals surface area contributed by atoms with Crippen LogP contribution in [0.3, 0.4) is 0 Å². The Hall–Kier alpha value is -5.27. The molecule has 2 unspecified atom stereocenters. The van der Waals surface area contributed by atoms with Gasteiger partial charge in [0, 0.05) is 10.9 Å². The van der Waals surface area contributed by atoms with Crippen LogP contribution in [-0.4, -0.2) is 41.2 Å². The van der Waals surface area contributed by atoms with Crippen molar-refractivity contribution in [3.63, 3.8) is 0 Å². The number of aliphatic carboxylic acids is 1. The number of carboxylic acids is 1. The molecule has 1 amide bonds. The van der Waals surface area contributed by atoms with Crippen molar-refractivity contribution < 1.29 is 60.0 Å². The third kappa shape index (κ3) is 6.85. The fourth-order valence-corrected chi connectivity index (χ4v) is 4.88. The molecule has 0 bridgehead atoms. The van der Waals surface area contributed by atoms with Gasteiger partial charge in [0.1, 0.15) is 17.7 Å². The number of benzene rings is 4. The van der Waals surface area contributed by atoms with Crippen LogP contribution in [0.4, 0.5) is 26.3 Å². The molecule has 0 radical (unpaired) electrons. The van der Waals surface area contributed by atoms with Crippen molar-refractivity contribution >= 4 is 28.6 Å². The van der Waals surface area contributed by atoms with Gasteiger partial charge in [-0.3, -0.25) is 14.4 Å². The second kappa shape index (κ2) is 12.6. The molecule has 2 N–H and O–H groups in total. The second-order valence-electron chi connectivity index (χ2n) is 10.3. The minimum absolute atomic E-state index is 0.0149. The van der Waals surface area contributed by atoms with Gasteiger partial charge in [-0.1, -0.05) is 42.5 Å². The predicted octanol–water partition coefficient (Wildman–Crippen LogP) is 6.57. The molecule has 0 fully saturated rings. The van der Waals surface area contributed by atoms with Crippen LogP contribution in [0.1, 0.15) is 40.4 Å². The van der Waals surface area contributed by atoms with E-state index in [-0.39, 0.29) is 33.9 Å². The van der Waals surface area contributed by atoms with Gasteiger partial charge in [-0.2, -0.15) is 17.6 Å². The molecule has 4 aromatic carbocycles. The van der Waals surface area contributed by atoms with E-state index in [2.05, 4.69) is 14.8 Å². The molecule has 0 saturated carbocycles. The number of rotatable bonds is 10. The number of esters is 1. The Balaban J connectivity index is 1.55. The van der Waals surface area contributed by atoms with E-state index in [9.17, 15) is 40.7 Å². The zero-order valence-corrected chi connectivity index (χ0v) is 23.4. The van der Waals surface area contributed by atoms with Gasteiger partial charge < -0.3 is 24.6 Å². The summed E-state index contributed by atoms with van der Waals surface area (Å²) in [5.74, 6) is -5.73. The number of carbonyl (C=O) groups is 3. The topological polar surface area (TPSA) is 111 Å². The summed E-state index contributed by atoms with van der Waals surface area (Å²) in [5.41, 5.74) is 0.287. The molecule has 5 rings (SSSR count). The highest BCUT2D eigenvalue weighted by Gasteiger charge is 2.66. The normalized spacial score (nSPS) is 15.9. The van der Waals surface area contributed by atoms with Crippen LogP contribution in [0.5, 0.6) is 11.5 Å². The Morgan fingerprint density at radius 2 is 1.46 bits per heavy atom. The first-order valence-electron chi connectivity index (χ1n) is 13.7. The maximum absolute atomic E-state index is 14.5. The number of halogens is 6. The Morgan fingerprint density at radius 3 is 2.13 bits per heavy atom. The van der Waals surface area contributed by atoms with Gasteiger partial charge in [0.25, 0.3) is 5.91 Å². The molecule has 0 aromatic heterocycles. The van der Waals surface area contributed by atoms with Crippen molar-refractivity contribution in [3.8, 4) is 11.5 Å². The highest BCUT2D eigenvalue weighted by atomic mass is 19.3. The SMILES string of the molecule is O=C(O)CCC(=O)OC(c1ccc(F)cc1)C(Cc1ccc2c(c1)OC(F)(F)C(F)(F)O2)NC(=O)c1ccc(F)c2ccccc12. The quantitative estimate of drug-likeness (QED) is 0.148. The van der Waals surface area contributed by atoms with Crippen molar-refractivity contribution in [1.82, 2.24) is 5.32 Å². The number of ether oxygens (including phenoxy) is 3. The fourth-order valence-electron chi connectivity index (χ4n) is 4.88. The number of carboxylic acid groups (broad SMARTS) is 1. The van der Waals surface area contributed by atoms with Crippen LogP contribution in [-0.2, 0) is 20.7 Å². The lowest BCUT2D eigenvalue weighted by molar-refractivity contribution is -0.391. The Bertz CT molecular complexity index is 1800. The maximum atomic E-state index is 14.5. The molecule has 1 aliphatic heterocycles. The number of amides is 1. The molecule has 46 heavy (non-hydrogen) atoms. The molecule has 2 atom stereocenters. The molecule has 1 aliphatic rings. The Morgan fingerprint density at radius 1 is 0.804 bits per heavy atom. The van der Waals surface area contributed by atoms with E-state index >= 15 is 0 Å². The average molecular weight is 648 g/mol. The number of nitrogens with one attached hydrogen (secondary N) is 1. The number of alkyl halides is 4. The first-order valence-corrected chi connectivity index (χ1v) is 13.7. The van der Waals surface area contributed by atoms with E-state index in [1.807, 2.05) is 0 Å². The zero-order valence-electron chi connectivity index (χ0n) is 23.4. The summed E-state index contributed by atoms with van der Waals surface area (Å²) >= 11 is 0. The fraction of sp³-hybridized carbons (Fsp3) is 0.219. The lowest BCUT2D eigenvalue weighted by atomic mass is 9.94. The first kappa shape index (κ1) is 32.1. The average Bonchev–Trinajstić information content (AvgIpc) is 3.00. The summed E-state index contributed by atoms with van der Waals surface area (Å²) in [6, 6.07) is 14.9. The summed E-state index contributed by atoms with van der Waals surface area (Å²) in [4.78, 5) is 37.5. The molecular weight excluding hydrogens is 624 g/mol. The van der Waals surface area contributed by atoms with Crippen LogP contribution < -0.4 is 14.8 Å². The second-order valence-corrected chi connectivity index (χ2v) is 10.3. The van der Waals surface area contributed by atoms with Crippen LogP contribution in [0.25, 0.3) is 10.8 Å². The van der Waals surface area contributed by atoms with Gasteiger partial charge in [0.2, 0.25) is 0 Å². The van der Waals surface area contributed by atoms with Crippen molar-refractivity contribution in [1.29, 1.82) is 0 Å². The molecule has 0 aliphatic carbocycles. The molecule has 1 heterocycles. The maximum Gasteiger partial charge on any atom is 0.507 e. The van der Waals surface area contributed by atoms with Gasteiger partial charge in [0.15, 0.2) is 11.5 Å². The van der Waals surface area contributed by atoms with Crippen molar-refractivity contribution in [3.05, 3.63) is 107 Å². The molecule has 14 heteroatoms. The summed E-state index contributed by atoms with van der Waals surface area (Å²) in [6.07, 6.45) is -12.9. The summed E-state index contributed by atoms with van der Waals surface area (Å²) < 4.78 is 97.5. The van der Waals surface area contributed by atoms with E-state index in [0.29, 0.717) is 0 Å². The lowest BCUT2D eigenvalue weighted by Crippen LogP contribution is -2.52. The summed E-state index contributed by atoms with van der Waals surface area (Å²) in [6.45, 7) is 0.